The lowest BCUT2D eigenvalue weighted by Gasteiger charge is -2.23. The van der Waals surface area contributed by atoms with Crippen LogP contribution < -0.4 is 0 Å². The molecule has 0 amide bonds. The molecule has 11 heavy (non-hydrogen) atoms. The molecule has 1 atom stereocenters. The number of aliphatic hydroxyl groups is 1. The average Bonchev–Trinajstić information content (AvgIpc) is 2.13. The molecule has 0 aromatic heterocycles. The van der Waals surface area contributed by atoms with Gasteiger partial charge in [-0.05, 0) is 13.8 Å². The monoisotopic (exact) mass is 159 g/mol. The third-order valence-electron chi connectivity index (χ3n) is 2.08. The summed E-state index contributed by atoms with van der Waals surface area (Å²) in [5.41, 5.74) is 0. The van der Waals surface area contributed by atoms with Gasteiger partial charge in [0.15, 0.2) is 6.29 Å². The third-order valence-corrected chi connectivity index (χ3v) is 2.08. The van der Waals surface area contributed by atoms with Crippen LogP contribution in [-0.4, -0.2) is 42.0 Å². The highest BCUT2D eigenvalue weighted by Gasteiger charge is 2.16. The van der Waals surface area contributed by atoms with Crippen molar-refractivity contribution in [3.8, 4) is 0 Å². The summed E-state index contributed by atoms with van der Waals surface area (Å²) in [6.45, 7) is 6.86. The second-order valence-electron chi connectivity index (χ2n) is 3.24. The van der Waals surface area contributed by atoms with Crippen LogP contribution in [0.25, 0.3) is 0 Å². The molecule has 1 rings (SSSR count). The van der Waals surface area contributed by atoms with Gasteiger partial charge in [0, 0.05) is 25.6 Å². The SMILES string of the molecule is CC(C)N1CCOC(O)CC1. The normalized spacial score (nSPS) is 28.9. The molecule has 1 saturated heterocycles. The molecule has 1 aliphatic heterocycles. The minimum absolute atomic E-state index is 0.543. The Kier molecular flexibility index (Phi) is 3.30. The Morgan fingerprint density at radius 2 is 2.18 bits per heavy atom. The van der Waals surface area contributed by atoms with Gasteiger partial charge in [-0.2, -0.15) is 0 Å². The van der Waals surface area contributed by atoms with E-state index in [2.05, 4.69) is 18.7 Å². The van der Waals surface area contributed by atoms with E-state index in [9.17, 15) is 0 Å². The van der Waals surface area contributed by atoms with E-state index in [0.717, 1.165) is 19.5 Å². The molecule has 66 valence electrons. The molecule has 0 aromatic carbocycles. The van der Waals surface area contributed by atoms with Crippen molar-refractivity contribution in [2.45, 2.75) is 32.6 Å². The van der Waals surface area contributed by atoms with Crippen molar-refractivity contribution in [1.29, 1.82) is 0 Å². The molecular formula is C8H17NO2. The van der Waals surface area contributed by atoms with E-state index in [1.165, 1.54) is 0 Å². The van der Waals surface area contributed by atoms with Crippen LogP contribution >= 0.6 is 0 Å². The molecule has 0 saturated carbocycles. The maximum absolute atomic E-state index is 9.14. The fourth-order valence-corrected chi connectivity index (χ4v) is 1.29. The van der Waals surface area contributed by atoms with Crippen molar-refractivity contribution >= 4 is 0 Å². The standard InChI is InChI=1S/C8H17NO2/c1-7(2)9-4-3-8(10)11-6-5-9/h7-8,10H,3-6H2,1-2H3. The molecule has 0 aromatic rings. The van der Waals surface area contributed by atoms with Gasteiger partial charge < -0.3 is 9.84 Å². The van der Waals surface area contributed by atoms with Crippen LogP contribution in [0.4, 0.5) is 0 Å². The van der Waals surface area contributed by atoms with Crippen LogP contribution in [0.1, 0.15) is 20.3 Å². The summed E-state index contributed by atoms with van der Waals surface area (Å²) in [4.78, 5) is 2.32. The first-order valence-electron chi connectivity index (χ1n) is 4.24. The zero-order valence-electron chi connectivity index (χ0n) is 7.29. The number of nitrogens with zero attached hydrogens (tertiary/aromatic N) is 1. The van der Waals surface area contributed by atoms with E-state index in [-0.39, 0.29) is 0 Å². The first-order valence-corrected chi connectivity index (χ1v) is 4.24. The molecular weight excluding hydrogens is 142 g/mol. The molecule has 0 spiro atoms. The van der Waals surface area contributed by atoms with E-state index in [4.69, 9.17) is 9.84 Å². The van der Waals surface area contributed by atoms with Gasteiger partial charge in [0.1, 0.15) is 0 Å². The smallest absolute Gasteiger partial charge is 0.155 e. The van der Waals surface area contributed by atoms with Crippen LogP contribution in [0.3, 0.4) is 0 Å². The van der Waals surface area contributed by atoms with Crippen molar-refractivity contribution in [2.24, 2.45) is 0 Å². The minimum atomic E-state index is -0.543. The van der Waals surface area contributed by atoms with Crippen LogP contribution in [0.5, 0.6) is 0 Å². The van der Waals surface area contributed by atoms with Gasteiger partial charge in [-0.1, -0.05) is 0 Å². The van der Waals surface area contributed by atoms with Crippen LogP contribution in [0, 0.1) is 0 Å². The van der Waals surface area contributed by atoms with Gasteiger partial charge in [-0.3, -0.25) is 4.90 Å². The van der Waals surface area contributed by atoms with E-state index in [1.54, 1.807) is 0 Å². The quantitative estimate of drug-likeness (QED) is 0.602. The van der Waals surface area contributed by atoms with Crippen molar-refractivity contribution in [3.63, 3.8) is 0 Å². The molecule has 1 fully saturated rings. The maximum atomic E-state index is 9.14. The summed E-state index contributed by atoms with van der Waals surface area (Å²) in [6.07, 6.45) is 0.191. The van der Waals surface area contributed by atoms with Gasteiger partial charge in [-0.15, -0.1) is 0 Å². The van der Waals surface area contributed by atoms with Crippen molar-refractivity contribution in [2.75, 3.05) is 19.7 Å². The van der Waals surface area contributed by atoms with E-state index < -0.39 is 6.29 Å². The highest BCUT2D eigenvalue weighted by Crippen LogP contribution is 2.07. The number of rotatable bonds is 1. The zero-order chi connectivity index (χ0) is 8.27. The topological polar surface area (TPSA) is 32.7 Å². The van der Waals surface area contributed by atoms with Crippen LogP contribution in [0.15, 0.2) is 0 Å². The first kappa shape index (κ1) is 8.97. The predicted molar refractivity (Wildman–Crippen MR) is 43.3 cm³/mol. The summed E-state index contributed by atoms with van der Waals surface area (Å²) in [5, 5.41) is 9.14. The summed E-state index contributed by atoms with van der Waals surface area (Å²) in [5.74, 6) is 0. The molecule has 0 radical (unpaired) electrons. The summed E-state index contributed by atoms with van der Waals surface area (Å²) >= 11 is 0. The minimum Gasteiger partial charge on any atom is -0.368 e. The lowest BCUT2D eigenvalue weighted by molar-refractivity contribution is -0.0919. The Morgan fingerprint density at radius 1 is 1.45 bits per heavy atom. The number of hydrogen-bond acceptors (Lipinski definition) is 3. The van der Waals surface area contributed by atoms with Gasteiger partial charge in [0.2, 0.25) is 0 Å². The highest BCUT2D eigenvalue weighted by molar-refractivity contribution is 4.65. The molecule has 1 N–H and O–H groups in total. The van der Waals surface area contributed by atoms with Gasteiger partial charge in [0.25, 0.3) is 0 Å². The predicted octanol–water partition coefficient (Wildman–Crippen LogP) is 0.435. The van der Waals surface area contributed by atoms with Crippen LogP contribution in [-0.2, 0) is 4.74 Å². The van der Waals surface area contributed by atoms with Crippen molar-refractivity contribution < 1.29 is 9.84 Å². The van der Waals surface area contributed by atoms with Crippen molar-refractivity contribution in [1.82, 2.24) is 4.90 Å². The summed E-state index contributed by atoms with van der Waals surface area (Å²) < 4.78 is 5.10. The van der Waals surface area contributed by atoms with Gasteiger partial charge in [0.05, 0.1) is 6.61 Å². The largest absolute Gasteiger partial charge is 0.368 e. The lowest BCUT2D eigenvalue weighted by atomic mass is 10.3. The van der Waals surface area contributed by atoms with Crippen LogP contribution in [0.2, 0.25) is 0 Å². The Labute approximate surface area is 68.0 Å². The fraction of sp³-hybridized carbons (Fsp3) is 1.00. The van der Waals surface area contributed by atoms with E-state index in [1.807, 2.05) is 0 Å². The van der Waals surface area contributed by atoms with E-state index >= 15 is 0 Å². The number of aliphatic hydroxyl groups excluding tert-OH is 1. The number of hydrogen-bond donors (Lipinski definition) is 1. The maximum Gasteiger partial charge on any atom is 0.155 e. The molecule has 1 heterocycles. The number of ether oxygens (including phenoxy) is 1. The Morgan fingerprint density at radius 3 is 2.82 bits per heavy atom. The molecule has 1 unspecified atom stereocenters. The van der Waals surface area contributed by atoms with Gasteiger partial charge >= 0.3 is 0 Å². The summed E-state index contributed by atoms with van der Waals surface area (Å²) in [6, 6.07) is 0.559. The van der Waals surface area contributed by atoms with Crippen molar-refractivity contribution in [3.05, 3.63) is 0 Å². The molecule has 0 bridgehead atoms. The molecule has 3 heteroatoms. The Hall–Kier alpha value is -0.120. The second kappa shape index (κ2) is 4.04. The van der Waals surface area contributed by atoms with E-state index in [0.29, 0.717) is 12.6 Å². The first-order chi connectivity index (χ1) is 5.20. The van der Waals surface area contributed by atoms with Gasteiger partial charge in [-0.25, -0.2) is 0 Å². The third kappa shape index (κ3) is 2.77. The fourth-order valence-electron chi connectivity index (χ4n) is 1.29. The highest BCUT2D eigenvalue weighted by atomic mass is 16.6. The zero-order valence-corrected chi connectivity index (χ0v) is 7.29. The average molecular weight is 159 g/mol. The molecule has 1 aliphatic rings. The summed E-state index contributed by atoms with van der Waals surface area (Å²) in [7, 11) is 0. The Balaban J connectivity index is 2.34. The molecule has 3 nitrogen and oxygen atoms in total. The Bertz CT molecular complexity index is 117. The lowest BCUT2D eigenvalue weighted by Crippen LogP contribution is -2.32. The molecule has 0 aliphatic carbocycles. The second-order valence-corrected chi connectivity index (χ2v) is 3.24.